The lowest BCUT2D eigenvalue weighted by Crippen LogP contribution is -2.48. The topological polar surface area (TPSA) is 87.7 Å². The van der Waals surface area contributed by atoms with E-state index in [1.54, 1.807) is 30.3 Å². The summed E-state index contributed by atoms with van der Waals surface area (Å²) in [4.78, 5) is 39.5. The molecule has 0 aromatic heterocycles. The van der Waals surface area contributed by atoms with Crippen molar-refractivity contribution in [2.75, 3.05) is 18.5 Å². The molecular weight excluding hydrogens is 406 g/mol. The third-order valence-corrected chi connectivity index (χ3v) is 5.83. The van der Waals surface area contributed by atoms with Crippen LogP contribution in [-0.2, 0) is 15.1 Å². The molecular formula is C25H21N3O4. The minimum absolute atomic E-state index is 0.302. The Balaban J connectivity index is 1.29. The number of hydrogen-bond donors (Lipinski definition) is 2. The first kappa shape index (κ1) is 19.8. The number of imide groups is 1. The maximum Gasteiger partial charge on any atom is 0.325 e. The number of amides is 4. The molecule has 4 amide bonds. The first-order valence-corrected chi connectivity index (χ1v) is 10.4. The summed E-state index contributed by atoms with van der Waals surface area (Å²) in [5.41, 5.74) is 2.12. The Bertz CT molecular complexity index is 1190. The second-order valence-corrected chi connectivity index (χ2v) is 7.81. The fourth-order valence-corrected chi connectivity index (χ4v) is 4.24. The Kier molecular flexibility index (Phi) is 4.86. The molecule has 0 radical (unpaired) electrons. The number of rotatable bonds is 4. The highest BCUT2D eigenvalue weighted by Crippen LogP contribution is 2.40. The van der Waals surface area contributed by atoms with Gasteiger partial charge in [-0.25, -0.2) is 4.79 Å². The molecule has 32 heavy (non-hydrogen) atoms. The zero-order valence-electron chi connectivity index (χ0n) is 17.2. The molecule has 0 saturated carbocycles. The molecule has 3 aromatic rings. The quantitative estimate of drug-likeness (QED) is 0.624. The fourth-order valence-electron chi connectivity index (χ4n) is 4.24. The Morgan fingerprint density at radius 1 is 0.938 bits per heavy atom. The van der Waals surface area contributed by atoms with E-state index >= 15 is 0 Å². The number of anilines is 1. The highest BCUT2D eigenvalue weighted by molar-refractivity contribution is 6.10. The zero-order valence-corrected chi connectivity index (χ0v) is 17.2. The van der Waals surface area contributed by atoms with E-state index in [0.29, 0.717) is 30.0 Å². The minimum Gasteiger partial charge on any atom is -0.493 e. The van der Waals surface area contributed by atoms with Crippen LogP contribution in [0.4, 0.5) is 10.5 Å². The highest BCUT2D eigenvalue weighted by Gasteiger charge is 2.55. The van der Waals surface area contributed by atoms with Crippen molar-refractivity contribution in [1.29, 1.82) is 0 Å². The zero-order chi connectivity index (χ0) is 22.1. The van der Waals surface area contributed by atoms with E-state index < -0.39 is 23.4 Å². The van der Waals surface area contributed by atoms with Crippen LogP contribution in [0.3, 0.4) is 0 Å². The Labute approximate surface area is 185 Å². The lowest BCUT2D eigenvalue weighted by atomic mass is 9.84. The van der Waals surface area contributed by atoms with Crippen molar-refractivity contribution in [3.8, 4) is 16.9 Å². The summed E-state index contributed by atoms with van der Waals surface area (Å²) < 4.78 is 5.63. The molecule has 2 aliphatic rings. The van der Waals surface area contributed by atoms with Gasteiger partial charge in [0, 0.05) is 17.7 Å². The van der Waals surface area contributed by atoms with Gasteiger partial charge in [0.2, 0.25) is 5.91 Å². The number of benzene rings is 3. The lowest BCUT2D eigenvalue weighted by molar-refractivity contribution is -0.135. The minimum atomic E-state index is -1.19. The van der Waals surface area contributed by atoms with E-state index in [0.717, 1.165) is 16.0 Å². The number of hydrogen-bond acceptors (Lipinski definition) is 4. The van der Waals surface area contributed by atoms with Crippen molar-refractivity contribution in [2.45, 2.75) is 12.0 Å². The number of ether oxygens (including phenoxy) is 1. The molecule has 3 aromatic carbocycles. The van der Waals surface area contributed by atoms with E-state index in [9.17, 15) is 14.4 Å². The number of fused-ring (bicyclic) bond motifs is 2. The Hall–Kier alpha value is -4.13. The summed E-state index contributed by atoms with van der Waals surface area (Å²) in [6.45, 7) is -0.0628. The lowest BCUT2D eigenvalue weighted by Gasteiger charge is -2.33. The molecule has 7 heteroatoms. The van der Waals surface area contributed by atoms with Crippen molar-refractivity contribution >= 4 is 23.5 Å². The van der Waals surface area contributed by atoms with Crippen molar-refractivity contribution in [2.24, 2.45) is 0 Å². The number of carbonyl (C=O) groups excluding carboxylic acids is 3. The third kappa shape index (κ3) is 3.37. The number of carbonyl (C=O) groups is 3. The van der Waals surface area contributed by atoms with Crippen LogP contribution in [0.5, 0.6) is 5.75 Å². The van der Waals surface area contributed by atoms with E-state index in [4.69, 9.17) is 4.74 Å². The van der Waals surface area contributed by atoms with Gasteiger partial charge in [-0.15, -0.1) is 0 Å². The van der Waals surface area contributed by atoms with Crippen LogP contribution in [0, 0.1) is 0 Å². The average molecular weight is 427 g/mol. The summed E-state index contributed by atoms with van der Waals surface area (Å²) in [6.07, 6.45) is 0.313. The summed E-state index contributed by atoms with van der Waals surface area (Å²) in [6, 6.07) is 23.9. The van der Waals surface area contributed by atoms with E-state index in [-0.39, 0.29) is 6.54 Å². The molecule has 1 atom stereocenters. The van der Waals surface area contributed by atoms with Crippen LogP contribution in [0.2, 0.25) is 0 Å². The number of nitrogens with one attached hydrogen (secondary N) is 2. The van der Waals surface area contributed by atoms with Gasteiger partial charge in [-0.3, -0.25) is 14.5 Å². The molecule has 0 aliphatic carbocycles. The third-order valence-electron chi connectivity index (χ3n) is 5.83. The van der Waals surface area contributed by atoms with Crippen molar-refractivity contribution in [3.63, 3.8) is 0 Å². The first-order chi connectivity index (χ1) is 15.6. The largest absolute Gasteiger partial charge is 0.493 e. The van der Waals surface area contributed by atoms with Crippen LogP contribution in [0.15, 0.2) is 78.9 Å². The molecule has 1 spiro atoms. The van der Waals surface area contributed by atoms with E-state index in [1.165, 1.54) is 0 Å². The number of para-hydroxylation sites is 1. The van der Waals surface area contributed by atoms with Crippen molar-refractivity contribution in [3.05, 3.63) is 84.4 Å². The predicted octanol–water partition coefficient (Wildman–Crippen LogP) is 3.52. The molecule has 1 saturated heterocycles. The van der Waals surface area contributed by atoms with Crippen LogP contribution in [-0.4, -0.2) is 35.9 Å². The highest BCUT2D eigenvalue weighted by atomic mass is 16.5. The Morgan fingerprint density at radius 2 is 1.62 bits per heavy atom. The maximum atomic E-state index is 13.3. The summed E-state index contributed by atoms with van der Waals surface area (Å²) in [5.74, 6) is -0.316. The molecule has 5 rings (SSSR count). The van der Waals surface area contributed by atoms with Crippen LogP contribution >= 0.6 is 0 Å². The van der Waals surface area contributed by atoms with Crippen molar-refractivity contribution < 1.29 is 19.1 Å². The van der Waals surface area contributed by atoms with Gasteiger partial charge in [-0.05, 0) is 29.3 Å². The van der Waals surface area contributed by atoms with E-state index in [1.807, 2.05) is 48.5 Å². The van der Waals surface area contributed by atoms with Gasteiger partial charge >= 0.3 is 6.03 Å². The molecule has 2 heterocycles. The van der Waals surface area contributed by atoms with Gasteiger partial charge < -0.3 is 15.4 Å². The fraction of sp³-hybridized carbons (Fsp3) is 0.160. The summed E-state index contributed by atoms with van der Waals surface area (Å²) >= 11 is 0. The predicted molar refractivity (Wildman–Crippen MR) is 119 cm³/mol. The van der Waals surface area contributed by atoms with Gasteiger partial charge in [0.25, 0.3) is 5.91 Å². The molecule has 2 N–H and O–H groups in total. The molecule has 1 fully saturated rings. The second kappa shape index (κ2) is 7.85. The van der Waals surface area contributed by atoms with Gasteiger partial charge in [0.05, 0.1) is 6.61 Å². The summed E-state index contributed by atoms with van der Waals surface area (Å²) in [5, 5.41) is 5.56. The molecule has 7 nitrogen and oxygen atoms in total. The second-order valence-electron chi connectivity index (χ2n) is 7.81. The Morgan fingerprint density at radius 3 is 2.41 bits per heavy atom. The van der Waals surface area contributed by atoms with Gasteiger partial charge in [0.1, 0.15) is 12.3 Å². The van der Waals surface area contributed by atoms with Crippen LogP contribution in [0.1, 0.15) is 12.0 Å². The van der Waals surface area contributed by atoms with Gasteiger partial charge in [0.15, 0.2) is 5.54 Å². The molecule has 0 unspecified atom stereocenters. The first-order valence-electron chi connectivity index (χ1n) is 10.4. The monoisotopic (exact) mass is 427 g/mol. The van der Waals surface area contributed by atoms with E-state index in [2.05, 4.69) is 10.6 Å². The summed E-state index contributed by atoms with van der Waals surface area (Å²) in [7, 11) is 0. The number of nitrogens with zero attached hydrogens (tertiary/aromatic N) is 1. The SMILES string of the molecule is O=C(CN1C(=O)N[C@@]2(CCOc3ccccc32)C1=O)Nc1ccc(-c2ccccc2)cc1. The molecule has 160 valence electrons. The van der Waals surface area contributed by atoms with Crippen LogP contribution < -0.4 is 15.4 Å². The van der Waals surface area contributed by atoms with Gasteiger partial charge in [-0.2, -0.15) is 0 Å². The van der Waals surface area contributed by atoms with Crippen molar-refractivity contribution in [1.82, 2.24) is 10.2 Å². The average Bonchev–Trinajstić information content (AvgIpc) is 3.05. The standard InChI is InChI=1S/C25H21N3O4/c29-22(26-19-12-10-18(11-13-19)17-6-2-1-3-7-17)16-28-23(30)25(27-24(28)31)14-15-32-21-9-5-4-8-20(21)25/h1-13H,14-16H2,(H,26,29)(H,27,31)/t25-/m1/s1. The number of urea groups is 1. The maximum absolute atomic E-state index is 13.3. The van der Waals surface area contributed by atoms with Gasteiger partial charge in [-0.1, -0.05) is 60.7 Å². The smallest absolute Gasteiger partial charge is 0.325 e. The molecule has 0 bridgehead atoms. The molecule has 2 aliphatic heterocycles. The van der Waals surface area contributed by atoms with Crippen LogP contribution in [0.25, 0.3) is 11.1 Å². The normalized spacial score (nSPS) is 19.3.